The third-order valence-electron chi connectivity index (χ3n) is 2.51. The molecule has 0 aliphatic heterocycles. The van der Waals surface area contributed by atoms with Crippen LogP contribution in [0.15, 0.2) is 28.9 Å². The maximum atomic E-state index is 12.4. The summed E-state index contributed by atoms with van der Waals surface area (Å²) < 4.78 is 2.23. The molecule has 3 nitrogen and oxygen atoms in total. The zero-order chi connectivity index (χ0) is 13.3. The minimum Gasteiger partial charge on any atom is -0.287 e. The molecule has 2 aromatic rings. The normalized spacial score (nSPS) is 10.7. The van der Waals surface area contributed by atoms with Crippen molar-refractivity contribution in [2.24, 2.45) is 0 Å². The summed E-state index contributed by atoms with van der Waals surface area (Å²) in [7, 11) is 0. The van der Waals surface area contributed by atoms with Crippen LogP contribution in [0.5, 0.6) is 0 Å². The Kier molecular flexibility index (Phi) is 4.10. The highest BCUT2D eigenvalue weighted by Crippen LogP contribution is 2.29. The molecule has 2 rings (SSSR count). The van der Waals surface area contributed by atoms with Crippen LogP contribution in [0, 0.1) is 0 Å². The summed E-state index contributed by atoms with van der Waals surface area (Å²) in [5, 5.41) is 4.75. The molecule has 0 saturated carbocycles. The van der Waals surface area contributed by atoms with Gasteiger partial charge in [-0.15, -0.1) is 0 Å². The van der Waals surface area contributed by atoms with Crippen molar-refractivity contribution in [2.45, 2.75) is 13.5 Å². The monoisotopic (exact) mass is 346 g/mol. The Labute approximate surface area is 123 Å². The summed E-state index contributed by atoms with van der Waals surface area (Å²) >= 11 is 15.4. The van der Waals surface area contributed by atoms with Gasteiger partial charge in [0.05, 0.1) is 16.2 Å². The third-order valence-corrected chi connectivity index (χ3v) is 4.08. The fourth-order valence-electron chi connectivity index (χ4n) is 1.63. The predicted molar refractivity (Wildman–Crippen MR) is 75.5 cm³/mol. The Balaban J connectivity index is 2.55. The quantitative estimate of drug-likeness (QED) is 0.780. The van der Waals surface area contributed by atoms with Crippen LogP contribution < -0.4 is 0 Å². The molecule has 94 valence electrons. The molecule has 0 amide bonds. The molecule has 1 heterocycles. The largest absolute Gasteiger partial charge is 0.287 e. The van der Waals surface area contributed by atoms with Crippen LogP contribution in [0.3, 0.4) is 0 Å². The van der Waals surface area contributed by atoms with Gasteiger partial charge in [0, 0.05) is 16.6 Å². The summed E-state index contributed by atoms with van der Waals surface area (Å²) in [6.45, 7) is 2.46. The Morgan fingerprint density at radius 3 is 2.83 bits per heavy atom. The first kappa shape index (κ1) is 13.6. The number of benzene rings is 1. The number of nitrogens with zero attached hydrogens (tertiary/aromatic N) is 2. The Morgan fingerprint density at radius 1 is 1.44 bits per heavy atom. The van der Waals surface area contributed by atoms with Crippen molar-refractivity contribution in [1.82, 2.24) is 9.78 Å². The second-order valence-electron chi connectivity index (χ2n) is 3.59. The Morgan fingerprint density at radius 2 is 2.17 bits per heavy atom. The highest BCUT2D eigenvalue weighted by atomic mass is 79.9. The van der Waals surface area contributed by atoms with Crippen LogP contribution in [0.25, 0.3) is 0 Å². The van der Waals surface area contributed by atoms with Crippen LogP contribution in [0.4, 0.5) is 0 Å². The number of halogens is 3. The number of hydrogen-bond acceptors (Lipinski definition) is 2. The SMILES string of the molecule is CCn1ncc(Cl)c1C(=O)c1cccc(Br)c1Cl. The van der Waals surface area contributed by atoms with E-state index in [0.29, 0.717) is 32.3 Å². The van der Waals surface area contributed by atoms with E-state index in [9.17, 15) is 4.79 Å². The van der Waals surface area contributed by atoms with Gasteiger partial charge >= 0.3 is 0 Å². The molecule has 0 radical (unpaired) electrons. The van der Waals surface area contributed by atoms with Gasteiger partial charge in [-0.2, -0.15) is 5.10 Å². The zero-order valence-corrected chi connectivity index (χ0v) is 12.6. The van der Waals surface area contributed by atoms with Gasteiger partial charge in [0.25, 0.3) is 0 Å². The predicted octanol–water partition coefficient (Wildman–Crippen LogP) is 4.20. The van der Waals surface area contributed by atoms with Gasteiger partial charge in [-0.05, 0) is 35.0 Å². The summed E-state index contributed by atoms with van der Waals surface area (Å²) in [5.41, 5.74) is 0.766. The molecule has 0 atom stereocenters. The summed E-state index contributed by atoms with van der Waals surface area (Å²) in [4.78, 5) is 12.4. The summed E-state index contributed by atoms with van der Waals surface area (Å²) in [6, 6.07) is 5.19. The van der Waals surface area contributed by atoms with Crippen molar-refractivity contribution >= 4 is 44.9 Å². The lowest BCUT2D eigenvalue weighted by molar-refractivity contribution is 0.102. The van der Waals surface area contributed by atoms with Gasteiger partial charge in [0.15, 0.2) is 0 Å². The lowest BCUT2D eigenvalue weighted by atomic mass is 10.1. The minimum atomic E-state index is -0.231. The second-order valence-corrected chi connectivity index (χ2v) is 5.23. The number of aryl methyl sites for hydroxylation is 1. The van der Waals surface area contributed by atoms with Gasteiger partial charge in [0.1, 0.15) is 5.69 Å². The summed E-state index contributed by atoms with van der Waals surface area (Å²) in [5.74, 6) is -0.231. The summed E-state index contributed by atoms with van der Waals surface area (Å²) in [6.07, 6.45) is 1.46. The van der Waals surface area contributed by atoms with Gasteiger partial charge in [-0.25, -0.2) is 0 Å². The average molecular weight is 348 g/mol. The number of carbonyl (C=O) groups is 1. The topological polar surface area (TPSA) is 34.9 Å². The van der Waals surface area contributed by atoms with E-state index >= 15 is 0 Å². The first-order valence-corrected chi connectivity index (χ1v) is 6.81. The standard InChI is InChI=1S/C12H9BrCl2N2O/c1-2-17-11(9(14)6-16-17)12(18)7-4-3-5-8(13)10(7)15/h3-6H,2H2,1H3. The molecule has 6 heteroatoms. The first-order valence-electron chi connectivity index (χ1n) is 5.26. The van der Waals surface area contributed by atoms with E-state index in [0.717, 1.165) is 0 Å². The highest BCUT2D eigenvalue weighted by molar-refractivity contribution is 9.10. The van der Waals surface area contributed by atoms with Crippen molar-refractivity contribution in [1.29, 1.82) is 0 Å². The average Bonchev–Trinajstić information content (AvgIpc) is 2.73. The smallest absolute Gasteiger partial charge is 0.214 e. The van der Waals surface area contributed by atoms with Crippen molar-refractivity contribution < 1.29 is 4.79 Å². The molecular formula is C12H9BrCl2N2O. The molecule has 0 N–H and O–H groups in total. The highest BCUT2D eigenvalue weighted by Gasteiger charge is 2.21. The first-order chi connectivity index (χ1) is 8.56. The van der Waals surface area contributed by atoms with Crippen LogP contribution in [0.1, 0.15) is 23.0 Å². The van der Waals surface area contributed by atoms with Crippen molar-refractivity contribution in [3.8, 4) is 0 Å². The number of hydrogen-bond donors (Lipinski definition) is 0. The van der Waals surface area contributed by atoms with Crippen molar-refractivity contribution in [3.63, 3.8) is 0 Å². The molecule has 0 fully saturated rings. The number of carbonyl (C=O) groups excluding carboxylic acids is 1. The molecule has 0 aliphatic rings. The van der Waals surface area contributed by atoms with Crippen molar-refractivity contribution in [3.05, 3.63) is 50.2 Å². The zero-order valence-electron chi connectivity index (χ0n) is 9.45. The molecule has 0 spiro atoms. The van der Waals surface area contributed by atoms with E-state index in [1.165, 1.54) is 6.20 Å². The van der Waals surface area contributed by atoms with E-state index in [2.05, 4.69) is 21.0 Å². The van der Waals surface area contributed by atoms with E-state index in [4.69, 9.17) is 23.2 Å². The second kappa shape index (κ2) is 5.43. The lowest BCUT2D eigenvalue weighted by Crippen LogP contribution is -2.11. The van der Waals surface area contributed by atoms with Gasteiger partial charge in [0.2, 0.25) is 5.78 Å². The van der Waals surface area contributed by atoms with Crippen LogP contribution in [-0.4, -0.2) is 15.6 Å². The molecule has 18 heavy (non-hydrogen) atoms. The lowest BCUT2D eigenvalue weighted by Gasteiger charge is -2.07. The van der Waals surface area contributed by atoms with Gasteiger partial charge < -0.3 is 0 Å². The number of aromatic nitrogens is 2. The van der Waals surface area contributed by atoms with E-state index < -0.39 is 0 Å². The molecule has 1 aromatic heterocycles. The van der Waals surface area contributed by atoms with Crippen LogP contribution in [0.2, 0.25) is 10.0 Å². The fourth-order valence-corrected chi connectivity index (χ4v) is 2.44. The number of ketones is 1. The van der Waals surface area contributed by atoms with Gasteiger partial charge in [-0.3, -0.25) is 9.48 Å². The molecule has 1 aromatic carbocycles. The van der Waals surface area contributed by atoms with E-state index in [1.54, 1.807) is 22.9 Å². The van der Waals surface area contributed by atoms with Crippen LogP contribution in [-0.2, 0) is 6.54 Å². The van der Waals surface area contributed by atoms with Crippen molar-refractivity contribution in [2.75, 3.05) is 0 Å². The molecular weight excluding hydrogens is 339 g/mol. The molecule has 0 unspecified atom stereocenters. The molecule has 0 saturated heterocycles. The maximum Gasteiger partial charge on any atom is 0.214 e. The Bertz CT molecular complexity index is 610. The molecule has 0 bridgehead atoms. The minimum absolute atomic E-state index is 0.231. The molecule has 0 aliphatic carbocycles. The number of rotatable bonds is 3. The fraction of sp³-hybridized carbons (Fsp3) is 0.167. The Hall–Kier alpha value is -0.840. The van der Waals surface area contributed by atoms with Gasteiger partial charge in [-0.1, -0.05) is 29.3 Å². The maximum absolute atomic E-state index is 12.4. The van der Waals surface area contributed by atoms with E-state index in [1.807, 2.05) is 6.92 Å². The van der Waals surface area contributed by atoms with Crippen LogP contribution >= 0.6 is 39.1 Å². The van der Waals surface area contributed by atoms with E-state index in [-0.39, 0.29) is 5.78 Å². The third kappa shape index (κ3) is 2.32.